The molecule has 1 aliphatic rings. The third kappa shape index (κ3) is 2.71. The van der Waals surface area contributed by atoms with Crippen LogP contribution in [0.5, 0.6) is 0 Å². The maximum Gasteiger partial charge on any atom is 0.253 e. The van der Waals surface area contributed by atoms with Crippen LogP contribution in [0.4, 0.5) is 0 Å². The van der Waals surface area contributed by atoms with E-state index in [-0.39, 0.29) is 5.91 Å². The molecule has 0 aromatic heterocycles. The minimum absolute atomic E-state index is 0.144. The van der Waals surface area contributed by atoms with Gasteiger partial charge in [-0.3, -0.25) is 4.79 Å². The smallest absolute Gasteiger partial charge is 0.253 e. The fraction of sp³-hybridized carbons (Fsp3) is 0.417. The molecule has 1 aromatic rings. The van der Waals surface area contributed by atoms with E-state index in [1.165, 1.54) is 5.75 Å². The van der Waals surface area contributed by atoms with Gasteiger partial charge in [0.15, 0.2) is 0 Å². The lowest BCUT2D eigenvalue weighted by atomic mass is 10.1. The van der Waals surface area contributed by atoms with Crippen molar-refractivity contribution < 1.29 is 4.79 Å². The topological polar surface area (TPSA) is 20.3 Å². The second-order valence-corrected chi connectivity index (χ2v) is 6.34. The molecule has 1 aromatic carbocycles. The van der Waals surface area contributed by atoms with Gasteiger partial charge < -0.3 is 4.90 Å². The lowest BCUT2D eigenvalue weighted by molar-refractivity contribution is 0.0748. The summed E-state index contributed by atoms with van der Waals surface area (Å²) in [4.78, 5) is 14.1. The molecule has 1 unspecified atom stereocenters. The SMILES string of the molecule is CN(C(=O)c1cccc(I)c1)C1CCSC1. The van der Waals surface area contributed by atoms with E-state index in [0.29, 0.717) is 6.04 Å². The molecule has 16 heavy (non-hydrogen) atoms. The highest BCUT2D eigenvalue weighted by Crippen LogP contribution is 2.22. The number of benzene rings is 1. The summed E-state index contributed by atoms with van der Waals surface area (Å²) in [5.41, 5.74) is 0.798. The van der Waals surface area contributed by atoms with Crippen molar-refractivity contribution in [2.75, 3.05) is 18.6 Å². The number of halogens is 1. The Morgan fingerprint density at radius 2 is 2.38 bits per heavy atom. The summed E-state index contributed by atoms with van der Waals surface area (Å²) in [7, 11) is 1.92. The first-order chi connectivity index (χ1) is 7.68. The Balaban J connectivity index is 2.12. The highest BCUT2D eigenvalue weighted by molar-refractivity contribution is 14.1. The van der Waals surface area contributed by atoms with Crippen molar-refractivity contribution in [1.82, 2.24) is 4.90 Å². The van der Waals surface area contributed by atoms with E-state index >= 15 is 0 Å². The molecule has 1 fully saturated rings. The fourth-order valence-electron chi connectivity index (χ4n) is 1.82. The molecule has 1 saturated heterocycles. The number of hydrogen-bond acceptors (Lipinski definition) is 2. The van der Waals surface area contributed by atoms with Crippen LogP contribution < -0.4 is 0 Å². The Bertz CT molecular complexity index is 390. The van der Waals surface area contributed by atoms with E-state index in [2.05, 4.69) is 22.6 Å². The molecular formula is C12H14INOS. The maximum atomic E-state index is 12.2. The Hall–Kier alpha value is -0.230. The molecule has 0 N–H and O–H groups in total. The van der Waals surface area contributed by atoms with Crippen LogP contribution in [0.15, 0.2) is 24.3 Å². The molecule has 86 valence electrons. The van der Waals surface area contributed by atoms with Gasteiger partial charge in [0, 0.05) is 28.0 Å². The molecule has 2 nitrogen and oxygen atoms in total. The van der Waals surface area contributed by atoms with Crippen LogP contribution in [0.25, 0.3) is 0 Å². The van der Waals surface area contributed by atoms with Gasteiger partial charge in [-0.05, 0) is 53.0 Å². The largest absolute Gasteiger partial charge is 0.338 e. The average Bonchev–Trinajstić information content (AvgIpc) is 2.80. The Morgan fingerprint density at radius 1 is 1.56 bits per heavy atom. The van der Waals surface area contributed by atoms with Crippen molar-refractivity contribution in [1.29, 1.82) is 0 Å². The van der Waals surface area contributed by atoms with Gasteiger partial charge in [0.05, 0.1) is 0 Å². The molecule has 4 heteroatoms. The minimum atomic E-state index is 0.144. The number of rotatable bonds is 2. The van der Waals surface area contributed by atoms with Gasteiger partial charge in [-0.15, -0.1) is 0 Å². The summed E-state index contributed by atoms with van der Waals surface area (Å²) in [6.45, 7) is 0. The van der Waals surface area contributed by atoms with Gasteiger partial charge in [0.2, 0.25) is 0 Å². The third-order valence-electron chi connectivity index (χ3n) is 2.85. The van der Waals surface area contributed by atoms with E-state index < -0.39 is 0 Å². The third-order valence-corrected chi connectivity index (χ3v) is 4.66. The predicted octanol–water partition coefficient (Wildman–Crippen LogP) is 2.87. The van der Waals surface area contributed by atoms with E-state index in [0.717, 1.165) is 21.3 Å². The summed E-state index contributed by atoms with van der Waals surface area (Å²) in [6, 6.07) is 8.19. The van der Waals surface area contributed by atoms with Crippen molar-refractivity contribution in [3.05, 3.63) is 33.4 Å². The number of thioether (sulfide) groups is 1. The second-order valence-electron chi connectivity index (χ2n) is 3.94. The molecule has 1 atom stereocenters. The normalized spacial score (nSPS) is 19.8. The number of carbonyl (C=O) groups is 1. The van der Waals surface area contributed by atoms with E-state index in [9.17, 15) is 4.79 Å². The summed E-state index contributed by atoms with van der Waals surface area (Å²) < 4.78 is 1.11. The molecule has 1 heterocycles. The first kappa shape index (κ1) is 12.2. The van der Waals surface area contributed by atoms with Crippen molar-refractivity contribution in [2.45, 2.75) is 12.5 Å². The molecular weight excluding hydrogens is 333 g/mol. The Morgan fingerprint density at radius 3 is 3.00 bits per heavy atom. The monoisotopic (exact) mass is 347 g/mol. The Kier molecular flexibility index (Phi) is 4.13. The minimum Gasteiger partial charge on any atom is -0.338 e. The number of carbonyl (C=O) groups excluding carboxylic acids is 1. The summed E-state index contributed by atoms with van der Waals surface area (Å²) in [5.74, 6) is 2.40. The van der Waals surface area contributed by atoms with E-state index in [4.69, 9.17) is 0 Å². The number of nitrogens with zero attached hydrogens (tertiary/aromatic N) is 1. The zero-order valence-corrected chi connectivity index (χ0v) is 12.1. The lowest BCUT2D eigenvalue weighted by Gasteiger charge is -2.23. The van der Waals surface area contributed by atoms with Crippen LogP contribution >= 0.6 is 34.4 Å². The Labute approximate surface area is 114 Å². The van der Waals surface area contributed by atoms with E-state index in [1.807, 2.05) is 48.0 Å². The van der Waals surface area contributed by atoms with Crippen LogP contribution in [0.3, 0.4) is 0 Å². The van der Waals surface area contributed by atoms with Gasteiger partial charge in [-0.1, -0.05) is 6.07 Å². The molecule has 1 aliphatic heterocycles. The highest BCUT2D eigenvalue weighted by Gasteiger charge is 2.24. The first-order valence-corrected chi connectivity index (χ1v) is 7.52. The zero-order valence-electron chi connectivity index (χ0n) is 9.15. The second kappa shape index (κ2) is 5.40. The van der Waals surface area contributed by atoms with E-state index in [1.54, 1.807) is 0 Å². The molecule has 0 spiro atoms. The summed E-state index contributed by atoms with van der Waals surface area (Å²) >= 11 is 4.17. The van der Waals surface area contributed by atoms with Crippen LogP contribution in [0.2, 0.25) is 0 Å². The van der Waals surface area contributed by atoms with Crippen molar-refractivity contribution in [3.8, 4) is 0 Å². The first-order valence-electron chi connectivity index (χ1n) is 5.29. The van der Waals surface area contributed by atoms with Crippen LogP contribution in [0.1, 0.15) is 16.8 Å². The van der Waals surface area contributed by atoms with Crippen LogP contribution in [-0.4, -0.2) is 35.4 Å². The number of amides is 1. The quantitative estimate of drug-likeness (QED) is 0.767. The molecule has 2 rings (SSSR count). The van der Waals surface area contributed by atoms with Gasteiger partial charge >= 0.3 is 0 Å². The molecule has 0 aliphatic carbocycles. The average molecular weight is 347 g/mol. The van der Waals surface area contributed by atoms with Gasteiger partial charge in [0.25, 0.3) is 5.91 Å². The van der Waals surface area contributed by atoms with Gasteiger partial charge in [-0.2, -0.15) is 11.8 Å². The van der Waals surface area contributed by atoms with Crippen molar-refractivity contribution in [2.24, 2.45) is 0 Å². The molecule has 0 saturated carbocycles. The van der Waals surface area contributed by atoms with Gasteiger partial charge in [0.1, 0.15) is 0 Å². The predicted molar refractivity (Wildman–Crippen MR) is 77.0 cm³/mol. The maximum absolute atomic E-state index is 12.2. The summed E-state index contributed by atoms with van der Waals surface area (Å²) in [5, 5.41) is 0. The summed E-state index contributed by atoms with van der Waals surface area (Å²) in [6.07, 6.45) is 1.12. The van der Waals surface area contributed by atoms with Crippen molar-refractivity contribution in [3.63, 3.8) is 0 Å². The standard InChI is InChI=1S/C12H14INOS/c1-14(11-5-6-16-8-11)12(15)9-3-2-4-10(13)7-9/h2-4,7,11H,5-6,8H2,1H3. The number of hydrogen-bond donors (Lipinski definition) is 0. The highest BCUT2D eigenvalue weighted by atomic mass is 127. The van der Waals surface area contributed by atoms with Crippen LogP contribution in [-0.2, 0) is 0 Å². The zero-order chi connectivity index (χ0) is 11.5. The lowest BCUT2D eigenvalue weighted by Crippen LogP contribution is -2.36. The van der Waals surface area contributed by atoms with Gasteiger partial charge in [-0.25, -0.2) is 0 Å². The fourth-order valence-corrected chi connectivity index (χ4v) is 3.63. The van der Waals surface area contributed by atoms with Crippen LogP contribution in [0, 0.1) is 3.57 Å². The van der Waals surface area contributed by atoms with Crippen molar-refractivity contribution >= 4 is 40.3 Å². The molecule has 1 amide bonds. The molecule has 0 bridgehead atoms. The molecule has 0 radical (unpaired) electrons.